The highest BCUT2D eigenvalue weighted by molar-refractivity contribution is 5.09. The maximum absolute atomic E-state index is 10.5. The van der Waals surface area contributed by atoms with Crippen molar-refractivity contribution in [2.24, 2.45) is 0 Å². The molecule has 0 aliphatic carbocycles. The third kappa shape index (κ3) is 4.10. The third-order valence-electron chi connectivity index (χ3n) is 2.66. The summed E-state index contributed by atoms with van der Waals surface area (Å²) in [4.78, 5) is 9.86. The molecule has 7 heteroatoms. The van der Waals surface area contributed by atoms with Crippen LogP contribution >= 0.6 is 0 Å². The van der Waals surface area contributed by atoms with Crippen molar-refractivity contribution in [3.05, 3.63) is 16.3 Å². The van der Waals surface area contributed by atoms with Crippen molar-refractivity contribution in [3.8, 4) is 0 Å². The minimum atomic E-state index is -0.588. The molecular weight excluding hydrogens is 224 g/mol. The number of unbranched alkanes of at least 4 members (excludes halogenated alkanes) is 3. The van der Waals surface area contributed by atoms with Gasteiger partial charge in [0.1, 0.15) is 11.3 Å². The molecule has 0 aliphatic rings. The summed E-state index contributed by atoms with van der Waals surface area (Å²) in [6.45, 7) is 2.05. The highest BCUT2D eigenvalue weighted by Crippen LogP contribution is 2.16. The fourth-order valence-corrected chi connectivity index (χ4v) is 1.64. The Kier molecular flexibility index (Phi) is 5.55. The zero-order chi connectivity index (χ0) is 12.7. The molecule has 0 saturated carbocycles. The van der Waals surface area contributed by atoms with Crippen molar-refractivity contribution in [1.82, 2.24) is 15.0 Å². The van der Waals surface area contributed by atoms with Gasteiger partial charge in [0.25, 0.3) is 0 Å². The zero-order valence-corrected chi connectivity index (χ0v) is 9.95. The minimum Gasteiger partial charge on any atom is -0.394 e. The van der Waals surface area contributed by atoms with E-state index < -0.39 is 4.92 Å². The molecule has 1 N–H and O–H groups in total. The molecule has 0 bridgehead atoms. The van der Waals surface area contributed by atoms with Gasteiger partial charge in [-0.25, -0.2) is 4.68 Å². The summed E-state index contributed by atoms with van der Waals surface area (Å²) in [5.74, 6) is -0.281. The largest absolute Gasteiger partial charge is 0.410 e. The van der Waals surface area contributed by atoms with Crippen LogP contribution < -0.4 is 0 Å². The van der Waals surface area contributed by atoms with Crippen LogP contribution in [0.15, 0.2) is 6.20 Å². The van der Waals surface area contributed by atoms with E-state index in [9.17, 15) is 15.2 Å². The number of hydrogen-bond acceptors (Lipinski definition) is 5. The average molecular weight is 242 g/mol. The van der Waals surface area contributed by atoms with Crippen LogP contribution in [0.2, 0.25) is 0 Å². The summed E-state index contributed by atoms with van der Waals surface area (Å²) in [7, 11) is 0. The highest BCUT2D eigenvalue weighted by Gasteiger charge is 2.18. The molecule has 96 valence electrons. The maximum Gasteiger partial charge on any atom is 0.410 e. The predicted molar refractivity (Wildman–Crippen MR) is 61.6 cm³/mol. The molecule has 0 saturated heterocycles. The molecule has 0 aromatic carbocycles. The van der Waals surface area contributed by atoms with Gasteiger partial charge in [0, 0.05) is 0 Å². The van der Waals surface area contributed by atoms with Crippen LogP contribution in [-0.4, -0.2) is 31.6 Å². The van der Waals surface area contributed by atoms with E-state index in [4.69, 9.17) is 0 Å². The predicted octanol–water partition coefficient (Wildman–Crippen LogP) is 1.69. The Bertz CT molecular complexity index is 353. The Morgan fingerprint density at radius 2 is 2.29 bits per heavy atom. The van der Waals surface area contributed by atoms with Crippen molar-refractivity contribution >= 4 is 5.82 Å². The summed E-state index contributed by atoms with van der Waals surface area (Å²) in [5, 5.41) is 26.8. The summed E-state index contributed by atoms with van der Waals surface area (Å²) in [5.41, 5.74) is 0. The fourth-order valence-electron chi connectivity index (χ4n) is 1.64. The van der Waals surface area contributed by atoms with Crippen molar-refractivity contribution in [2.45, 2.75) is 45.1 Å². The van der Waals surface area contributed by atoms with Crippen LogP contribution in [0.25, 0.3) is 0 Å². The van der Waals surface area contributed by atoms with Gasteiger partial charge in [-0.15, -0.1) is 0 Å². The van der Waals surface area contributed by atoms with E-state index in [-0.39, 0.29) is 18.5 Å². The summed E-state index contributed by atoms with van der Waals surface area (Å²) < 4.78 is 1.38. The van der Waals surface area contributed by atoms with Gasteiger partial charge < -0.3 is 15.2 Å². The highest BCUT2D eigenvalue weighted by atomic mass is 16.6. The number of aromatic nitrogens is 3. The van der Waals surface area contributed by atoms with Gasteiger partial charge in [0.05, 0.1) is 17.9 Å². The van der Waals surface area contributed by atoms with Crippen molar-refractivity contribution in [2.75, 3.05) is 6.61 Å². The average Bonchev–Trinajstić information content (AvgIpc) is 2.79. The van der Waals surface area contributed by atoms with E-state index in [2.05, 4.69) is 17.2 Å². The topological polar surface area (TPSA) is 94.1 Å². The lowest BCUT2D eigenvalue weighted by molar-refractivity contribution is -0.389. The van der Waals surface area contributed by atoms with Crippen LogP contribution in [0, 0.1) is 10.1 Å². The van der Waals surface area contributed by atoms with Gasteiger partial charge in [0.2, 0.25) is 0 Å². The van der Waals surface area contributed by atoms with E-state index in [1.54, 1.807) is 0 Å². The molecule has 0 fully saturated rings. The number of aliphatic hydroxyl groups is 1. The lowest BCUT2D eigenvalue weighted by Gasteiger charge is -2.11. The molecule has 7 nitrogen and oxygen atoms in total. The quantitative estimate of drug-likeness (QED) is 0.425. The zero-order valence-electron chi connectivity index (χ0n) is 9.95. The fraction of sp³-hybridized carbons (Fsp3) is 0.800. The molecule has 0 radical (unpaired) electrons. The SMILES string of the molecule is CCCCCCC(CO)n1cc([N+](=O)[O-])nn1. The first-order valence-corrected chi connectivity index (χ1v) is 5.86. The Hall–Kier alpha value is -1.50. The normalized spacial score (nSPS) is 12.6. The van der Waals surface area contributed by atoms with Gasteiger partial charge in [-0.05, 0) is 11.3 Å². The Balaban J connectivity index is 2.50. The van der Waals surface area contributed by atoms with Gasteiger partial charge >= 0.3 is 5.82 Å². The van der Waals surface area contributed by atoms with E-state index >= 15 is 0 Å². The number of nitrogens with zero attached hydrogens (tertiary/aromatic N) is 4. The standard InChI is InChI=1S/C10H18N4O3/c1-2-3-4-5-6-9(8-15)13-7-10(11-12-13)14(16)17/h7,9,15H,2-6,8H2,1H3. The van der Waals surface area contributed by atoms with Gasteiger partial charge in [-0.1, -0.05) is 32.6 Å². The molecule has 0 aliphatic heterocycles. The van der Waals surface area contributed by atoms with Gasteiger partial charge in [-0.3, -0.25) is 0 Å². The summed E-state index contributed by atoms with van der Waals surface area (Å²) in [6, 6.07) is -0.215. The van der Waals surface area contributed by atoms with Gasteiger partial charge in [-0.2, -0.15) is 0 Å². The molecule has 1 rings (SSSR count). The first-order chi connectivity index (χ1) is 8.19. The Morgan fingerprint density at radius 1 is 1.53 bits per heavy atom. The van der Waals surface area contributed by atoms with E-state index in [1.165, 1.54) is 10.9 Å². The molecule has 0 spiro atoms. The van der Waals surface area contributed by atoms with Crippen LogP contribution in [0.5, 0.6) is 0 Å². The molecule has 0 amide bonds. The first-order valence-electron chi connectivity index (χ1n) is 5.86. The lowest BCUT2D eigenvalue weighted by atomic mass is 10.1. The number of hydrogen-bond donors (Lipinski definition) is 1. The van der Waals surface area contributed by atoms with E-state index in [0.29, 0.717) is 0 Å². The second-order valence-electron chi connectivity index (χ2n) is 4.00. The molecule has 17 heavy (non-hydrogen) atoms. The van der Waals surface area contributed by atoms with Gasteiger partial charge in [0.15, 0.2) is 0 Å². The summed E-state index contributed by atoms with van der Waals surface area (Å²) in [6.07, 6.45) is 6.42. The maximum atomic E-state index is 10.5. The van der Waals surface area contributed by atoms with Crippen LogP contribution in [-0.2, 0) is 0 Å². The Morgan fingerprint density at radius 3 is 2.82 bits per heavy atom. The molecule has 1 heterocycles. The van der Waals surface area contributed by atoms with Crippen LogP contribution in [0.4, 0.5) is 5.82 Å². The number of rotatable bonds is 8. The molecular formula is C10H18N4O3. The monoisotopic (exact) mass is 242 g/mol. The number of nitro groups is 1. The smallest absolute Gasteiger partial charge is 0.394 e. The number of aliphatic hydroxyl groups excluding tert-OH is 1. The van der Waals surface area contributed by atoms with Crippen molar-refractivity contribution in [3.63, 3.8) is 0 Å². The first kappa shape index (κ1) is 13.6. The minimum absolute atomic E-state index is 0.0767. The van der Waals surface area contributed by atoms with E-state index in [1.807, 2.05) is 0 Å². The van der Waals surface area contributed by atoms with E-state index in [0.717, 1.165) is 32.1 Å². The van der Waals surface area contributed by atoms with Crippen LogP contribution in [0.3, 0.4) is 0 Å². The molecule has 1 atom stereocenters. The molecule has 1 aromatic heterocycles. The Labute approximate surface area is 99.6 Å². The van der Waals surface area contributed by atoms with Crippen molar-refractivity contribution < 1.29 is 10.0 Å². The van der Waals surface area contributed by atoms with Crippen LogP contribution in [0.1, 0.15) is 45.1 Å². The van der Waals surface area contributed by atoms with Crippen molar-refractivity contribution in [1.29, 1.82) is 0 Å². The summed E-state index contributed by atoms with van der Waals surface area (Å²) >= 11 is 0. The second-order valence-corrected chi connectivity index (χ2v) is 4.00. The lowest BCUT2D eigenvalue weighted by Crippen LogP contribution is -2.14. The second kappa shape index (κ2) is 6.95. The third-order valence-corrected chi connectivity index (χ3v) is 2.66. The molecule has 1 aromatic rings. The molecule has 1 unspecified atom stereocenters.